The van der Waals surface area contributed by atoms with Crippen LogP contribution in [0.1, 0.15) is 32.3 Å². The Balaban J connectivity index is 0.00000144. The van der Waals surface area contributed by atoms with Crippen molar-refractivity contribution in [1.29, 1.82) is 5.26 Å². The standard InChI is InChI=1S/C29H29N5O2.C2H6/c30-19-22-17-21(3-6-28(22)36-24-8-15-35-16-9-24)25-7-10-32-29-26(25)18-27(33-29)20-1-4-23(5-2-20)34-13-11-31-12-14-34;1-2/h1-7,10,17-18,24,31H,8-9,11-16H2,(H,32,33);1-2H3. The average molecular weight is 510 g/mol. The molecular weight excluding hydrogens is 474 g/mol. The van der Waals surface area contributed by atoms with Crippen molar-refractivity contribution in [3.63, 3.8) is 0 Å². The van der Waals surface area contributed by atoms with Gasteiger partial charge in [0.25, 0.3) is 0 Å². The number of nitrogens with zero attached hydrogens (tertiary/aromatic N) is 3. The van der Waals surface area contributed by atoms with Gasteiger partial charge in [0.15, 0.2) is 0 Å². The summed E-state index contributed by atoms with van der Waals surface area (Å²) in [5.41, 5.74) is 6.78. The first kappa shape index (κ1) is 25.8. The van der Waals surface area contributed by atoms with Crippen molar-refractivity contribution in [3.8, 4) is 34.2 Å². The molecule has 38 heavy (non-hydrogen) atoms. The van der Waals surface area contributed by atoms with Crippen LogP contribution in [0.15, 0.2) is 60.8 Å². The summed E-state index contributed by atoms with van der Waals surface area (Å²) in [6.45, 7) is 9.51. The molecule has 2 aromatic carbocycles. The van der Waals surface area contributed by atoms with Gasteiger partial charge in [0.2, 0.25) is 0 Å². The Morgan fingerprint density at radius 2 is 1.71 bits per heavy atom. The summed E-state index contributed by atoms with van der Waals surface area (Å²) in [6, 6.07) is 21.0. The van der Waals surface area contributed by atoms with E-state index in [4.69, 9.17) is 9.47 Å². The van der Waals surface area contributed by atoms with Gasteiger partial charge < -0.3 is 24.7 Å². The maximum Gasteiger partial charge on any atom is 0.138 e. The van der Waals surface area contributed by atoms with Crippen molar-refractivity contribution in [2.24, 2.45) is 0 Å². The van der Waals surface area contributed by atoms with Crippen LogP contribution < -0.4 is 15.0 Å². The Kier molecular flexibility index (Phi) is 8.22. The van der Waals surface area contributed by atoms with Crippen molar-refractivity contribution < 1.29 is 9.47 Å². The number of aromatic nitrogens is 2. The highest BCUT2D eigenvalue weighted by molar-refractivity contribution is 5.96. The average Bonchev–Trinajstić information content (AvgIpc) is 3.44. The zero-order valence-corrected chi connectivity index (χ0v) is 22.2. The van der Waals surface area contributed by atoms with Gasteiger partial charge in [-0.15, -0.1) is 0 Å². The van der Waals surface area contributed by atoms with Gasteiger partial charge in [0.05, 0.1) is 18.8 Å². The normalized spacial score (nSPS) is 16.0. The number of aromatic amines is 1. The van der Waals surface area contributed by atoms with Gasteiger partial charge in [-0.1, -0.05) is 32.0 Å². The van der Waals surface area contributed by atoms with Crippen molar-refractivity contribution >= 4 is 16.7 Å². The molecule has 2 N–H and O–H groups in total. The van der Waals surface area contributed by atoms with E-state index < -0.39 is 0 Å². The molecule has 0 spiro atoms. The van der Waals surface area contributed by atoms with E-state index in [-0.39, 0.29) is 6.10 Å². The molecule has 0 atom stereocenters. The Morgan fingerprint density at radius 1 is 0.974 bits per heavy atom. The number of hydrogen-bond acceptors (Lipinski definition) is 6. The van der Waals surface area contributed by atoms with E-state index in [1.54, 1.807) is 0 Å². The number of anilines is 1. The van der Waals surface area contributed by atoms with Crippen molar-refractivity contribution in [2.45, 2.75) is 32.8 Å². The van der Waals surface area contributed by atoms with Crippen LogP contribution in [0.25, 0.3) is 33.4 Å². The Labute approximate surface area is 224 Å². The number of H-pyrrole nitrogens is 1. The third-order valence-electron chi connectivity index (χ3n) is 7.07. The van der Waals surface area contributed by atoms with E-state index in [9.17, 15) is 5.26 Å². The summed E-state index contributed by atoms with van der Waals surface area (Å²) in [4.78, 5) is 10.5. The molecule has 0 saturated carbocycles. The molecular formula is C31H35N5O2. The summed E-state index contributed by atoms with van der Waals surface area (Å²) < 4.78 is 11.6. The maximum atomic E-state index is 9.82. The Bertz CT molecular complexity index is 1390. The molecule has 0 bridgehead atoms. The number of fused-ring (bicyclic) bond motifs is 1. The monoisotopic (exact) mass is 509 g/mol. The smallest absolute Gasteiger partial charge is 0.138 e. The highest BCUT2D eigenvalue weighted by atomic mass is 16.5. The fourth-order valence-electron chi connectivity index (χ4n) is 5.07. The van der Waals surface area contributed by atoms with Crippen molar-refractivity contribution in [2.75, 3.05) is 44.3 Å². The molecule has 0 radical (unpaired) electrons. The van der Waals surface area contributed by atoms with Crippen LogP contribution in [0.2, 0.25) is 0 Å². The SMILES string of the molecule is CC.N#Cc1cc(-c2ccnc3[nH]c(-c4ccc(N5CCNCC5)cc4)cc23)ccc1OC1CCOCC1. The number of nitrogens with one attached hydrogen (secondary N) is 2. The van der Waals surface area contributed by atoms with E-state index in [1.807, 2.05) is 44.3 Å². The molecule has 7 heteroatoms. The van der Waals surface area contributed by atoms with Crippen LogP contribution in [0.4, 0.5) is 5.69 Å². The molecule has 196 valence electrons. The lowest BCUT2D eigenvalue weighted by molar-refractivity contribution is 0.0254. The number of pyridine rings is 1. The highest BCUT2D eigenvalue weighted by Crippen LogP contribution is 2.34. The topological polar surface area (TPSA) is 86.2 Å². The second-order valence-electron chi connectivity index (χ2n) is 9.34. The van der Waals surface area contributed by atoms with E-state index in [0.717, 1.165) is 72.4 Å². The molecule has 2 aliphatic heterocycles. The van der Waals surface area contributed by atoms with Gasteiger partial charge >= 0.3 is 0 Å². The minimum Gasteiger partial charge on any atom is -0.489 e. The summed E-state index contributed by atoms with van der Waals surface area (Å²) in [7, 11) is 0. The highest BCUT2D eigenvalue weighted by Gasteiger charge is 2.18. The zero-order valence-electron chi connectivity index (χ0n) is 22.2. The van der Waals surface area contributed by atoms with Gasteiger partial charge in [-0.25, -0.2) is 4.98 Å². The number of benzene rings is 2. The molecule has 7 nitrogen and oxygen atoms in total. The molecule has 2 fully saturated rings. The molecule has 4 heterocycles. The van der Waals surface area contributed by atoms with E-state index in [2.05, 4.69) is 56.6 Å². The second kappa shape index (κ2) is 12.1. The number of ether oxygens (including phenoxy) is 2. The van der Waals surface area contributed by atoms with Gasteiger partial charge in [-0.05, 0) is 53.1 Å². The van der Waals surface area contributed by atoms with Crippen LogP contribution in [0.3, 0.4) is 0 Å². The fraction of sp³-hybridized carbons (Fsp3) is 0.355. The molecule has 0 aliphatic carbocycles. The van der Waals surface area contributed by atoms with Gasteiger partial charge in [-0.2, -0.15) is 5.26 Å². The third-order valence-corrected chi connectivity index (χ3v) is 7.07. The van der Waals surface area contributed by atoms with Crippen LogP contribution in [-0.4, -0.2) is 55.5 Å². The molecule has 2 saturated heterocycles. The Hall–Kier alpha value is -3.86. The van der Waals surface area contributed by atoms with Crippen molar-refractivity contribution in [1.82, 2.24) is 15.3 Å². The second-order valence-corrected chi connectivity index (χ2v) is 9.34. The number of piperazine rings is 1. The molecule has 6 rings (SSSR count). The number of rotatable bonds is 5. The first-order valence-corrected chi connectivity index (χ1v) is 13.6. The summed E-state index contributed by atoms with van der Waals surface area (Å²) >= 11 is 0. The minimum absolute atomic E-state index is 0.0922. The third kappa shape index (κ3) is 5.52. The van der Waals surface area contributed by atoms with Crippen LogP contribution in [0.5, 0.6) is 5.75 Å². The lowest BCUT2D eigenvalue weighted by Crippen LogP contribution is -2.43. The van der Waals surface area contributed by atoms with Gasteiger partial charge in [0, 0.05) is 62.0 Å². The lowest BCUT2D eigenvalue weighted by Gasteiger charge is -2.29. The maximum absolute atomic E-state index is 9.82. The largest absolute Gasteiger partial charge is 0.489 e. The zero-order chi connectivity index (χ0) is 26.3. The molecule has 0 unspecified atom stereocenters. The van der Waals surface area contributed by atoms with Crippen LogP contribution in [-0.2, 0) is 4.74 Å². The molecule has 4 aromatic rings. The van der Waals surface area contributed by atoms with Crippen LogP contribution in [0, 0.1) is 11.3 Å². The number of hydrogen-bond donors (Lipinski definition) is 2. The van der Waals surface area contributed by atoms with Crippen LogP contribution >= 0.6 is 0 Å². The predicted octanol–water partition coefficient (Wildman–Crippen LogP) is 5.76. The fourth-order valence-corrected chi connectivity index (χ4v) is 5.07. The summed E-state index contributed by atoms with van der Waals surface area (Å²) in [6.07, 6.45) is 3.60. The first-order valence-electron chi connectivity index (χ1n) is 13.6. The predicted molar refractivity (Wildman–Crippen MR) is 153 cm³/mol. The van der Waals surface area contributed by atoms with E-state index >= 15 is 0 Å². The lowest BCUT2D eigenvalue weighted by atomic mass is 10.0. The quantitative estimate of drug-likeness (QED) is 0.356. The summed E-state index contributed by atoms with van der Waals surface area (Å²) in [5.74, 6) is 0.637. The Morgan fingerprint density at radius 3 is 2.45 bits per heavy atom. The molecule has 2 aliphatic rings. The number of nitriles is 1. The van der Waals surface area contributed by atoms with E-state index in [1.165, 1.54) is 5.69 Å². The van der Waals surface area contributed by atoms with Gasteiger partial charge in [-0.3, -0.25) is 0 Å². The van der Waals surface area contributed by atoms with Gasteiger partial charge in [0.1, 0.15) is 23.6 Å². The minimum atomic E-state index is 0.0922. The molecule has 2 aromatic heterocycles. The first-order chi connectivity index (χ1) is 18.8. The van der Waals surface area contributed by atoms with E-state index in [0.29, 0.717) is 24.5 Å². The summed E-state index contributed by atoms with van der Waals surface area (Å²) in [5, 5.41) is 14.3. The molecule has 0 amide bonds. The van der Waals surface area contributed by atoms with Crippen molar-refractivity contribution in [3.05, 3.63) is 66.4 Å².